The molecule has 2 aliphatic rings. The Balaban J connectivity index is 1.43. The number of amides is 1. The number of nitrogens with zero attached hydrogens (tertiary/aromatic N) is 4. The number of carbonyl (C=O) groups is 1. The van der Waals surface area contributed by atoms with Gasteiger partial charge in [-0.3, -0.25) is 14.2 Å². The van der Waals surface area contributed by atoms with Crippen LogP contribution in [-0.2, 0) is 11.3 Å². The largest absolute Gasteiger partial charge is 0.338 e. The van der Waals surface area contributed by atoms with Crippen LogP contribution in [0.1, 0.15) is 25.0 Å². The maximum atomic E-state index is 13.5. The molecule has 6 nitrogen and oxygen atoms in total. The minimum atomic E-state index is -0.225. The van der Waals surface area contributed by atoms with E-state index in [9.17, 15) is 9.59 Å². The molecule has 3 heterocycles. The summed E-state index contributed by atoms with van der Waals surface area (Å²) in [6, 6.07) is 30.0. The fraction of sp³-hybridized carbons (Fsp3) is 0.121. The highest BCUT2D eigenvalue weighted by Gasteiger charge is 2.31. The number of benzene rings is 3. The fourth-order valence-corrected chi connectivity index (χ4v) is 7.37. The van der Waals surface area contributed by atoms with Gasteiger partial charge in [0.15, 0.2) is 0 Å². The van der Waals surface area contributed by atoms with Gasteiger partial charge in [0.25, 0.3) is 11.5 Å². The van der Waals surface area contributed by atoms with Crippen molar-refractivity contribution in [3.63, 3.8) is 0 Å². The van der Waals surface area contributed by atoms with Crippen molar-refractivity contribution in [1.29, 1.82) is 0 Å². The summed E-state index contributed by atoms with van der Waals surface area (Å²) < 4.78 is 2.88. The molecule has 8 heteroatoms. The number of allylic oxidation sites excluding steroid dienone is 1. The predicted octanol–water partition coefficient (Wildman–Crippen LogP) is 5.33. The van der Waals surface area contributed by atoms with E-state index in [2.05, 4.69) is 41.3 Å². The number of hydrogen-bond donors (Lipinski definition) is 0. The molecular formula is C33H28N4O2S2. The highest BCUT2D eigenvalue weighted by Crippen LogP contribution is 2.49. The van der Waals surface area contributed by atoms with Crippen LogP contribution in [0, 0.1) is 0 Å². The van der Waals surface area contributed by atoms with Gasteiger partial charge in [0.2, 0.25) is 0 Å². The first-order valence-electron chi connectivity index (χ1n) is 13.4. The topological polar surface area (TPSA) is 57.9 Å². The van der Waals surface area contributed by atoms with Crippen LogP contribution in [0.2, 0.25) is 0 Å². The minimum absolute atomic E-state index is 0.110. The fourth-order valence-electron chi connectivity index (χ4n) is 4.99. The number of thioether (sulfide) groups is 1. The zero-order chi connectivity index (χ0) is 28.5. The number of anilines is 1. The Morgan fingerprint density at radius 3 is 2.07 bits per heavy atom. The first-order valence-corrected chi connectivity index (χ1v) is 15.0. The lowest BCUT2D eigenvalue weighted by atomic mass is 10.1. The molecule has 0 aliphatic carbocycles. The van der Waals surface area contributed by atoms with E-state index in [0.29, 0.717) is 32.7 Å². The van der Waals surface area contributed by atoms with Gasteiger partial charge in [0.05, 0.1) is 32.2 Å². The molecule has 4 aromatic rings. The second-order valence-corrected chi connectivity index (χ2v) is 11.6. The van der Waals surface area contributed by atoms with Crippen molar-refractivity contribution in [2.75, 3.05) is 12.1 Å². The summed E-state index contributed by atoms with van der Waals surface area (Å²) in [4.78, 5) is 30.3. The molecule has 3 aromatic carbocycles. The van der Waals surface area contributed by atoms with Crippen molar-refractivity contribution in [3.05, 3.63) is 133 Å². The van der Waals surface area contributed by atoms with E-state index in [-0.39, 0.29) is 11.5 Å². The van der Waals surface area contributed by atoms with Gasteiger partial charge in [-0.05, 0) is 49.3 Å². The molecule has 2 aliphatic heterocycles. The molecule has 6 rings (SSSR count). The maximum Gasteiger partial charge on any atom is 0.283 e. The van der Waals surface area contributed by atoms with E-state index < -0.39 is 0 Å². The first kappa shape index (κ1) is 26.8. The maximum absolute atomic E-state index is 13.5. The Kier molecular flexibility index (Phi) is 7.34. The monoisotopic (exact) mass is 576 g/mol. The van der Waals surface area contributed by atoms with Gasteiger partial charge >= 0.3 is 0 Å². The molecule has 204 valence electrons. The van der Waals surface area contributed by atoms with E-state index in [4.69, 9.17) is 0 Å². The van der Waals surface area contributed by atoms with Gasteiger partial charge in [-0.1, -0.05) is 90.6 Å². The summed E-state index contributed by atoms with van der Waals surface area (Å²) in [6.45, 7) is 4.19. The molecule has 0 radical (unpaired) electrons. The molecule has 1 amide bonds. The van der Waals surface area contributed by atoms with Crippen LogP contribution in [0.5, 0.6) is 0 Å². The van der Waals surface area contributed by atoms with Crippen LogP contribution in [-0.4, -0.2) is 28.1 Å². The van der Waals surface area contributed by atoms with Crippen molar-refractivity contribution >= 4 is 62.7 Å². The lowest BCUT2D eigenvalue weighted by molar-refractivity contribution is -0.112. The zero-order valence-electron chi connectivity index (χ0n) is 22.9. The number of rotatable bonds is 5. The molecule has 1 aromatic heterocycles. The van der Waals surface area contributed by atoms with Gasteiger partial charge in [0, 0.05) is 18.5 Å². The van der Waals surface area contributed by atoms with E-state index in [0.717, 1.165) is 26.8 Å². The lowest BCUT2D eigenvalue weighted by Gasteiger charge is -2.17. The van der Waals surface area contributed by atoms with Crippen molar-refractivity contribution in [1.82, 2.24) is 9.47 Å². The molecule has 0 unspecified atom stereocenters. The van der Waals surface area contributed by atoms with Crippen molar-refractivity contribution in [2.24, 2.45) is 5.10 Å². The third-order valence-electron chi connectivity index (χ3n) is 7.00. The Morgan fingerprint density at radius 2 is 1.44 bits per heavy atom. The zero-order valence-corrected chi connectivity index (χ0v) is 24.6. The average molecular weight is 577 g/mol. The highest BCUT2D eigenvalue weighted by atomic mass is 32.2. The summed E-state index contributed by atoms with van der Waals surface area (Å²) in [7, 11) is 2.06. The van der Waals surface area contributed by atoms with Gasteiger partial charge in [-0.15, -0.1) is 11.3 Å². The molecule has 0 saturated carbocycles. The third kappa shape index (κ3) is 4.90. The molecular weight excluding hydrogens is 549 g/mol. The van der Waals surface area contributed by atoms with Crippen LogP contribution < -0.4 is 19.8 Å². The van der Waals surface area contributed by atoms with Crippen molar-refractivity contribution in [2.45, 2.75) is 20.4 Å². The van der Waals surface area contributed by atoms with E-state index in [1.54, 1.807) is 16.3 Å². The quantitative estimate of drug-likeness (QED) is 0.322. The summed E-state index contributed by atoms with van der Waals surface area (Å²) in [5.41, 5.74) is 5.06. The van der Waals surface area contributed by atoms with Crippen LogP contribution >= 0.6 is 23.1 Å². The van der Waals surface area contributed by atoms with Crippen molar-refractivity contribution < 1.29 is 4.79 Å². The number of thiazole rings is 1. The predicted molar refractivity (Wildman–Crippen MR) is 172 cm³/mol. The van der Waals surface area contributed by atoms with Gasteiger partial charge in [-0.2, -0.15) is 10.1 Å². The van der Waals surface area contributed by atoms with Crippen LogP contribution in [0.25, 0.3) is 22.3 Å². The second-order valence-electron chi connectivity index (χ2n) is 9.58. The lowest BCUT2D eigenvalue weighted by Crippen LogP contribution is -2.33. The Hall–Kier alpha value is -4.40. The molecule has 0 bridgehead atoms. The van der Waals surface area contributed by atoms with Crippen molar-refractivity contribution in [3.8, 4) is 0 Å². The summed E-state index contributed by atoms with van der Waals surface area (Å²) in [6.07, 6.45) is 3.87. The number of carbonyl (C=O) groups excluding carboxylic acids is 1. The smallest absolute Gasteiger partial charge is 0.283 e. The van der Waals surface area contributed by atoms with Crippen LogP contribution in [0.15, 0.2) is 112 Å². The molecule has 0 saturated heterocycles. The Bertz CT molecular complexity index is 1900. The SMILES string of the molecule is CCn1c(=C2C(=O)N(c3ccccc3)N=C2C)sc(=CC=C2SC(c3ccccc3)=C(c3ccccc3)N2C)c1=O. The van der Waals surface area contributed by atoms with Gasteiger partial charge in [-0.25, -0.2) is 0 Å². The van der Waals surface area contributed by atoms with E-state index >= 15 is 0 Å². The summed E-state index contributed by atoms with van der Waals surface area (Å²) in [5.74, 6) is -0.225. The summed E-state index contributed by atoms with van der Waals surface area (Å²) in [5, 5.41) is 6.94. The number of hydrazone groups is 1. The number of aromatic nitrogens is 1. The molecule has 41 heavy (non-hydrogen) atoms. The van der Waals surface area contributed by atoms with Crippen LogP contribution in [0.4, 0.5) is 5.69 Å². The summed E-state index contributed by atoms with van der Waals surface area (Å²) >= 11 is 3.02. The average Bonchev–Trinajstić information content (AvgIpc) is 3.62. The number of hydrogen-bond acceptors (Lipinski definition) is 6. The molecule has 0 spiro atoms. The highest BCUT2D eigenvalue weighted by molar-refractivity contribution is 8.12. The second kappa shape index (κ2) is 11.2. The molecule has 0 atom stereocenters. The first-order chi connectivity index (χ1) is 20.0. The minimum Gasteiger partial charge on any atom is -0.338 e. The van der Waals surface area contributed by atoms with E-state index in [1.807, 2.05) is 92.7 Å². The normalized spacial score (nSPS) is 18.2. The van der Waals surface area contributed by atoms with E-state index in [1.165, 1.54) is 16.3 Å². The third-order valence-corrected chi connectivity index (χ3v) is 9.41. The van der Waals surface area contributed by atoms with Crippen LogP contribution in [0.3, 0.4) is 0 Å². The van der Waals surface area contributed by atoms with Gasteiger partial charge in [0.1, 0.15) is 4.66 Å². The Morgan fingerprint density at radius 1 is 0.829 bits per heavy atom. The molecule has 0 fully saturated rings. The standard InChI is InChI=1S/C33H28N4O2S2/c1-4-36-31(38)26(40-33(36)28-22(2)34-37(32(28)39)25-18-12-7-13-19-25)20-21-27-35(3)29(23-14-8-5-9-15-23)30(41-27)24-16-10-6-11-17-24/h5-21H,4H2,1-3H3. The number of para-hydroxylation sites is 1. The Labute approximate surface area is 246 Å². The van der Waals surface area contributed by atoms with Gasteiger partial charge < -0.3 is 4.90 Å². The molecule has 0 N–H and O–H groups in total.